The zero-order valence-electron chi connectivity index (χ0n) is 8.22. The summed E-state index contributed by atoms with van der Waals surface area (Å²) in [6.07, 6.45) is 2.14. The van der Waals surface area contributed by atoms with Gasteiger partial charge in [0.05, 0.1) is 0 Å². The van der Waals surface area contributed by atoms with Gasteiger partial charge >= 0.3 is 0 Å². The Kier molecular flexibility index (Phi) is 2.14. The Hall–Kier alpha value is -1.18. The van der Waals surface area contributed by atoms with E-state index in [0.29, 0.717) is 18.6 Å². The molecule has 0 N–H and O–H groups in total. The van der Waals surface area contributed by atoms with E-state index in [1.807, 2.05) is 0 Å². The Morgan fingerprint density at radius 3 is 2.43 bits per heavy atom. The molecule has 0 saturated heterocycles. The first-order valence-corrected chi connectivity index (χ1v) is 4.88. The zero-order chi connectivity index (χ0) is 10.2. The van der Waals surface area contributed by atoms with Crippen molar-refractivity contribution in [3.63, 3.8) is 0 Å². The molecule has 2 rings (SSSR count). The summed E-state index contributed by atoms with van der Waals surface area (Å²) in [6, 6.07) is 6.49. The maximum absolute atomic E-state index is 12.7. The minimum Gasteiger partial charge on any atom is -0.300 e. The lowest BCUT2D eigenvalue weighted by molar-refractivity contribution is -0.117. The SMILES string of the molecule is CC1(c2ccc(F)cc2)CCC(=O)C1. The first kappa shape index (κ1) is 9.38. The van der Waals surface area contributed by atoms with Crippen molar-refractivity contribution in [3.05, 3.63) is 35.6 Å². The Morgan fingerprint density at radius 1 is 1.29 bits per heavy atom. The Balaban J connectivity index is 2.30. The molecule has 0 amide bonds. The first-order valence-electron chi connectivity index (χ1n) is 4.88. The van der Waals surface area contributed by atoms with Crippen LogP contribution in [0, 0.1) is 5.82 Å². The van der Waals surface area contributed by atoms with Gasteiger partial charge in [0.1, 0.15) is 11.6 Å². The summed E-state index contributed by atoms with van der Waals surface area (Å²) in [6.45, 7) is 2.07. The first-order chi connectivity index (χ1) is 6.60. The van der Waals surface area contributed by atoms with E-state index in [0.717, 1.165) is 12.0 Å². The third kappa shape index (κ3) is 1.57. The molecule has 2 heteroatoms. The van der Waals surface area contributed by atoms with Crippen molar-refractivity contribution in [3.8, 4) is 0 Å². The second-order valence-corrected chi connectivity index (χ2v) is 4.28. The third-order valence-electron chi connectivity index (χ3n) is 3.08. The van der Waals surface area contributed by atoms with Gasteiger partial charge in [-0.25, -0.2) is 4.39 Å². The fourth-order valence-corrected chi connectivity index (χ4v) is 2.13. The smallest absolute Gasteiger partial charge is 0.133 e. The van der Waals surface area contributed by atoms with Crippen molar-refractivity contribution >= 4 is 5.78 Å². The van der Waals surface area contributed by atoms with Gasteiger partial charge in [0.25, 0.3) is 0 Å². The average molecular weight is 192 g/mol. The number of hydrogen-bond acceptors (Lipinski definition) is 1. The molecule has 0 bridgehead atoms. The van der Waals surface area contributed by atoms with Gasteiger partial charge in [-0.15, -0.1) is 0 Å². The molecule has 14 heavy (non-hydrogen) atoms. The van der Waals surface area contributed by atoms with E-state index < -0.39 is 0 Å². The number of carbonyl (C=O) groups is 1. The summed E-state index contributed by atoms with van der Waals surface area (Å²) < 4.78 is 12.7. The minimum absolute atomic E-state index is 0.0647. The predicted octanol–water partition coefficient (Wildman–Crippen LogP) is 2.84. The molecule has 74 valence electrons. The van der Waals surface area contributed by atoms with Crippen LogP contribution in [-0.4, -0.2) is 5.78 Å². The van der Waals surface area contributed by atoms with E-state index in [9.17, 15) is 9.18 Å². The highest BCUT2D eigenvalue weighted by Crippen LogP contribution is 2.38. The summed E-state index contributed by atoms with van der Waals surface area (Å²) in [4.78, 5) is 11.2. The molecule has 1 aliphatic carbocycles. The molecule has 0 aromatic heterocycles. The maximum Gasteiger partial charge on any atom is 0.133 e. The van der Waals surface area contributed by atoms with E-state index in [2.05, 4.69) is 6.92 Å². The van der Waals surface area contributed by atoms with Gasteiger partial charge in [-0.3, -0.25) is 4.79 Å². The van der Waals surface area contributed by atoms with E-state index in [1.165, 1.54) is 12.1 Å². The van der Waals surface area contributed by atoms with Crippen LogP contribution in [-0.2, 0) is 10.2 Å². The number of rotatable bonds is 1. The van der Waals surface area contributed by atoms with Crippen LogP contribution in [0.25, 0.3) is 0 Å². The lowest BCUT2D eigenvalue weighted by atomic mass is 9.81. The Bertz CT molecular complexity index is 355. The average Bonchev–Trinajstić information content (AvgIpc) is 2.48. The van der Waals surface area contributed by atoms with Gasteiger partial charge in [0.2, 0.25) is 0 Å². The summed E-state index contributed by atoms with van der Waals surface area (Å²) >= 11 is 0. The quantitative estimate of drug-likeness (QED) is 0.668. The van der Waals surface area contributed by atoms with E-state index in [4.69, 9.17) is 0 Å². The largest absolute Gasteiger partial charge is 0.300 e. The molecule has 1 saturated carbocycles. The number of Topliss-reactive ketones (excluding diaryl/α,β-unsaturated/α-hetero) is 1. The zero-order valence-corrected chi connectivity index (χ0v) is 8.22. The van der Waals surface area contributed by atoms with Crippen LogP contribution in [0.5, 0.6) is 0 Å². The maximum atomic E-state index is 12.7. The lowest BCUT2D eigenvalue weighted by Crippen LogP contribution is -2.17. The van der Waals surface area contributed by atoms with Gasteiger partial charge in [-0.1, -0.05) is 19.1 Å². The summed E-state index contributed by atoms with van der Waals surface area (Å²) in [5.74, 6) is 0.0958. The summed E-state index contributed by atoms with van der Waals surface area (Å²) in [5.41, 5.74) is 1.01. The molecule has 0 spiro atoms. The molecule has 1 aliphatic rings. The summed E-state index contributed by atoms with van der Waals surface area (Å²) in [5, 5.41) is 0. The summed E-state index contributed by atoms with van der Waals surface area (Å²) in [7, 11) is 0. The van der Waals surface area contributed by atoms with Crippen LogP contribution in [0.15, 0.2) is 24.3 Å². The van der Waals surface area contributed by atoms with Gasteiger partial charge < -0.3 is 0 Å². The Labute approximate surface area is 82.9 Å². The Morgan fingerprint density at radius 2 is 1.93 bits per heavy atom. The highest BCUT2D eigenvalue weighted by atomic mass is 19.1. The van der Waals surface area contributed by atoms with E-state index in [1.54, 1.807) is 12.1 Å². The number of ketones is 1. The molecular weight excluding hydrogens is 179 g/mol. The second-order valence-electron chi connectivity index (χ2n) is 4.28. The molecule has 0 heterocycles. The van der Waals surface area contributed by atoms with Crippen LogP contribution in [0.2, 0.25) is 0 Å². The third-order valence-corrected chi connectivity index (χ3v) is 3.08. The minimum atomic E-state index is -0.221. The predicted molar refractivity (Wildman–Crippen MR) is 52.6 cm³/mol. The number of benzene rings is 1. The van der Waals surface area contributed by atoms with Crippen LogP contribution in [0.1, 0.15) is 31.7 Å². The monoisotopic (exact) mass is 192 g/mol. The van der Waals surface area contributed by atoms with Gasteiger partial charge in [0.15, 0.2) is 0 Å². The van der Waals surface area contributed by atoms with Crippen molar-refractivity contribution < 1.29 is 9.18 Å². The second kappa shape index (κ2) is 3.19. The fraction of sp³-hybridized carbons (Fsp3) is 0.417. The van der Waals surface area contributed by atoms with Crippen molar-refractivity contribution in [2.24, 2.45) is 0 Å². The van der Waals surface area contributed by atoms with Gasteiger partial charge in [-0.05, 0) is 29.5 Å². The molecular formula is C12H13FO. The van der Waals surface area contributed by atoms with Crippen molar-refractivity contribution in [1.29, 1.82) is 0 Å². The standard InChI is InChI=1S/C12H13FO/c1-12(7-6-11(14)8-12)9-2-4-10(13)5-3-9/h2-5H,6-8H2,1H3. The fourth-order valence-electron chi connectivity index (χ4n) is 2.13. The lowest BCUT2D eigenvalue weighted by Gasteiger charge is -2.22. The van der Waals surface area contributed by atoms with E-state index >= 15 is 0 Å². The highest BCUT2D eigenvalue weighted by molar-refractivity contribution is 5.82. The van der Waals surface area contributed by atoms with Crippen LogP contribution < -0.4 is 0 Å². The van der Waals surface area contributed by atoms with Crippen LogP contribution in [0.3, 0.4) is 0 Å². The molecule has 1 aromatic carbocycles. The van der Waals surface area contributed by atoms with Crippen molar-refractivity contribution in [2.45, 2.75) is 31.6 Å². The number of carbonyl (C=O) groups excluding carboxylic acids is 1. The van der Waals surface area contributed by atoms with Gasteiger partial charge in [-0.2, -0.15) is 0 Å². The molecule has 0 radical (unpaired) electrons. The van der Waals surface area contributed by atoms with Gasteiger partial charge in [0, 0.05) is 12.8 Å². The number of hydrogen-bond donors (Lipinski definition) is 0. The molecule has 1 unspecified atom stereocenters. The van der Waals surface area contributed by atoms with Crippen LogP contribution >= 0.6 is 0 Å². The van der Waals surface area contributed by atoms with Crippen LogP contribution in [0.4, 0.5) is 4.39 Å². The molecule has 1 aromatic rings. The van der Waals surface area contributed by atoms with E-state index in [-0.39, 0.29) is 11.2 Å². The van der Waals surface area contributed by atoms with Crippen molar-refractivity contribution in [2.75, 3.05) is 0 Å². The normalized spacial score (nSPS) is 26.9. The number of halogens is 1. The highest BCUT2D eigenvalue weighted by Gasteiger charge is 2.35. The van der Waals surface area contributed by atoms with Crippen molar-refractivity contribution in [1.82, 2.24) is 0 Å². The molecule has 1 fully saturated rings. The molecule has 1 atom stereocenters. The molecule has 1 nitrogen and oxygen atoms in total. The topological polar surface area (TPSA) is 17.1 Å². The molecule has 0 aliphatic heterocycles.